The summed E-state index contributed by atoms with van der Waals surface area (Å²) >= 11 is 0. The van der Waals surface area contributed by atoms with Gasteiger partial charge in [-0.3, -0.25) is 29.4 Å². The van der Waals surface area contributed by atoms with Crippen LogP contribution in [0.3, 0.4) is 0 Å². The standard InChI is InChI=1S/C16H18N4O5/c17-15(22)10-5-7-18(8-6-10)13-9-14(21)19(16(13)23)11-1-3-12(4-2-11)20(24)25/h1-4,10,13H,5-9H2,(H2,17,22)/t13-/m0/s1. The number of carbonyl (C=O) groups excluding carboxylic acids is 3. The van der Waals surface area contributed by atoms with E-state index >= 15 is 0 Å². The Balaban J connectivity index is 1.72. The lowest BCUT2D eigenvalue weighted by Gasteiger charge is -2.33. The predicted octanol–water partition coefficient (Wildman–Crippen LogP) is 0.424. The Labute approximate surface area is 143 Å². The molecule has 1 atom stereocenters. The smallest absolute Gasteiger partial charge is 0.269 e. The minimum absolute atomic E-state index is 0.0665. The summed E-state index contributed by atoms with van der Waals surface area (Å²) in [5.74, 6) is -1.19. The highest BCUT2D eigenvalue weighted by Gasteiger charge is 2.43. The Morgan fingerprint density at radius 2 is 1.76 bits per heavy atom. The van der Waals surface area contributed by atoms with Crippen molar-refractivity contribution in [2.75, 3.05) is 18.0 Å². The molecule has 0 spiro atoms. The average molecular weight is 346 g/mol. The van der Waals surface area contributed by atoms with Crippen molar-refractivity contribution in [2.45, 2.75) is 25.3 Å². The Bertz CT molecular complexity index is 725. The lowest BCUT2D eigenvalue weighted by atomic mass is 9.95. The molecule has 1 aromatic rings. The normalized spacial score (nSPS) is 22.4. The molecule has 0 radical (unpaired) electrons. The van der Waals surface area contributed by atoms with E-state index in [2.05, 4.69) is 0 Å². The molecule has 2 saturated heterocycles. The maximum absolute atomic E-state index is 12.7. The van der Waals surface area contributed by atoms with E-state index in [-0.39, 0.29) is 35.7 Å². The maximum atomic E-state index is 12.7. The Kier molecular flexibility index (Phi) is 4.49. The lowest BCUT2D eigenvalue weighted by molar-refractivity contribution is -0.384. The molecule has 3 rings (SSSR count). The van der Waals surface area contributed by atoms with Gasteiger partial charge in [-0.2, -0.15) is 0 Å². The lowest BCUT2D eigenvalue weighted by Crippen LogP contribution is -2.47. The summed E-state index contributed by atoms with van der Waals surface area (Å²) in [6.45, 7) is 1.07. The van der Waals surface area contributed by atoms with Gasteiger partial charge >= 0.3 is 0 Å². The molecule has 132 valence electrons. The molecule has 2 aliphatic heterocycles. The summed E-state index contributed by atoms with van der Waals surface area (Å²) < 4.78 is 0. The highest BCUT2D eigenvalue weighted by molar-refractivity contribution is 6.22. The molecule has 9 heteroatoms. The van der Waals surface area contributed by atoms with Crippen molar-refractivity contribution in [1.29, 1.82) is 0 Å². The number of nitro benzene ring substituents is 1. The highest BCUT2D eigenvalue weighted by atomic mass is 16.6. The van der Waals surface area contributed by atoms with Gasteiger partial charge in [0.15, 0.2) is 0 Å². The summed E-state index contributed by atoms with van der Waals surface area (Å²) in [6.07, 6.45) is 1.22. The first kappa shape index (κ1) is 17.0. The van der Waals surface area contributed by atoms with Crippen LogP contribution in [0.15, 0.2) is 24.3 Å². The van der Waals surface area contributed by atoms with E-state index in [9.17, 15) is 24.5 Å². The molecule has 2 aliphatic rings. The number of imide groups is 1. The molecule has 25 heavy (non-hydrogen) atoms. The number of carbonyl (C=O) groups is 3. The second-order valence-electron chi connectivity index (χ2n) is 6.27. The third-order valence-corrected chi connectivity index (χ3v) is 4.81. The fraction of sp³-hybridized carbons (Fsp3) is 0.438. The quantitative estimate of drug-likeness (QED) is 0.478. The van der Waals surface area contributed by atoms with Crippen molar-refractivity contribution in [2.24, 2.45) is 11.7 Å². The van der Waals surface area contributed by atoms with Crippen LogP contribution in [0.25, 0.3) is 0 Å². The number of hydrogen-bond acceptors (Lipinski definition) is 6. The summed E-state index contributed by atoms with van der Waals surface area (Å²) in [7, 11) is 0. The van der Waals surface area contributed by atoms with Crippen molar-refractivity contribution in [3.63, 3.8) is 0 Å². The second kappa shape index (κ2) is 6.60. The molecule has 0 aromatic heterocycles. The highest BCUT2D eigenvalue weighted by Crippen LogP contribution is 2.29. The number of nitrogens with two attached hydrogens (primary N) is 1. The number of hydrogen-bond donors (Lipinski definition) is 1. The number of anilines is 1. The molecule has 0 unspecified atom stereocenters. The molecular formula is C16H18N4O5. The zero-order chi connectivity index (χ0) is 18.1. The van der Waals surface area contributed by atoms with Gasteiger partial charge < -0.3 is 5.73 Å². The van der Waals surface area contributed by atoms with Gasteiger partial charge in [-0.15, -0.1) is 0 Å². The van der Waals surface area contributed by atoms with E-state index in [4.69, 9.17) is 5.73 Å². The van der Waals surface area contributed by atoms with Crippen LogP contribution in [0.4, 0.5) is 11.4 Å². The van der Waals surface area contributed by atoms with Gasteiger partial charge in [0.05, 0.1) is 23.1 Å². The number of piperidine rings is 1. The van der Waals surface area contributed by atoms with Gasteiger partial charge in [0.1, 0.15) is 0 Å². The van der Waals surface area contributed by atoms with Gasteiger partial charge in [0.2, 0.25) is 11.8 Å². The van der Waals surface area contributed by atoms with Gasteiger partial charge in [-0.05, 0) is 38.1 Å². The van der Waals surface area contributed by atoms with E-state index in [1.807, 2.05) is 4.90 Å². The first-order chi connectivity index (χ1) is 11.9. The molecule has 3 amide bonds. The Morgan fingerprint density at radius 3 is 2.28 bits per heavy atom. The van der Waals surface area contributed by atoms with Crippen molar-refractivity contribution in [3.8, 4) is 0 Å². The van der Waals surface area contributed by atoms with Crippen molar-refractivity contribution in [3.05, 3.63) is 34.4 Å². The second-order valence-corrected chi connectivity index (χ2v) is 6.27. The van der Waals surface area contributed by atoms with Crippen LogP contribution in [0, 0.1) is 16.0 Å². The molecule has 2 fully saturated rings. The third-order valence-electron chi connectivity index (χ3n) is 4.81. The van der Waals surface area contributed by atoms with E-state index < -0.39 is 11.0 Å². The minimum Gasteiger partial charge on any atom is -0.369 e. The maximum Gasteiger partial charge on any atom is 0.269 e. The summed E-state index contributed by atoms with van der Waals surface area (Å²) in [4.78, 5) is 49.4. The largest absolute Gasteiger partial charge is 0.369 e. The molecule has 0 bridgehead atoms. The number of rotatable bonds is 4. The number of benzene rings is 1. The summed E-state index contributed by atoms with van der Waals surface area (Å²) in [6, 6.07) is 4.77. The van der Waals surface area contributed by atoms with Gasteiger partial charge in [-0.25, -0.2) is 4.90 Å². The number of amides is 3. The zero-order valence-electron chi connectivity index (χ0n) is 13.5. The molecule has 0 saturated carbocycles. The Hall–Kier alpha value is -2.81. The van der Waals surface area contributed by atoms with Crippen LogP contribution in [0.1, 0.15) is 19.3 Å². The zero-order valence-corrected chi connectivity index (χ0v) is 13.5. The summed E-state index contributed by atoms with van der Waals surface area (Å²) in [5.41, 5.74) is 5.54. The predicted molar refractivity (Wildman–Crippen MR) is 87.5 cm³/mol. The number of primary amides is 1. The van der Waals surface area contributed by atoms with Crippen LogP contribution >= 0.6 is 0 Å². The van der Waals surface area contributed by atoms with Crippen LogP contribution < -0.4 is 10.6 Å². The number of non-ortho nitro benzene ring substituents is 1. The fourth-order valence-electron chi connectivity index (χ4n) is 3.39. The van der Waals surface area contributed by atoms with Crippen LogP contribution in [0.2, 0.25) is 0 Å². The van der Waals surface area contributed by atoms with Gasteiger partial charge in [-0.1, -0.05) is 0 Å². The third kappa shape index (κ3) is 3.22. The molecule has 2 N–H and O–H groups in total. The molecule has 0 aliphatic carbocycles. The Morgan fingerprint density at radius 1 is 1.16 bits per heavy atom. The van der Waals surface area contributed by atoms with Crippen molar-refractivity contribution in [1.82, 2.24) is 4.90 Å². The molecular weight excluding hydrogens is 328 g/mol. The fourth-order valence-corrected chi connectivity index (χ4v) is 3.39. The van der Waals surface area contributed by atoms with E-state index in [1.165, 1.54) is 24.3 Å². The average Bonchev–Trinajstić information content (AvgIpc) is 2.89. The van der Waals surface area contributed by atoms with Crippen molar-refractivity contribution < 1.29 is 19.3 Å². The van der Waals surface area contributed by atoms with Crippen LogP contribution in [-0.2, 0) is 14.4 Å². The van der Waals surface area contributed by atoms with Crippen molar-refractivity contribution >= 4 is 29.1 Å². The molecule has 2 heterocycles. The minimum atomic E-state index is -0.559. The van der Waals surface area contributed by atoms with E-state index in [1.54, 1.807) is 0 Å². The first-order valence-corrected chi connectivity index (χ1v) is 8.03. The number of nitro groups is 1. The topological polar surface area (TPSA) is 127 Å². The number of nitrogens with zero attached hydrogens (tertiary/aromatic N) is 3. The van der Waals surface area contributed by atoms with Crippen LogP contribution in [0.5, 0.6) is 0 Å². The molecule has 9 nitrogen and oxygen atoms in total. The SMILES string of the molecule is NC(=O)C1CCN([C@H]2CC(=O)N(c3ccc([N+](=O)[O-])cc3)C2=O)CC1. The number of likely N-dealkylation sites (tertiary alicyclic amines) is 1. The molecule has 1 aromatic carbocycles. The summed E-state index contributed by atoms with van der Waals surface area (Å²) in [5, 5.41) is 10.7. The van der Waals surface area contributed by atoms with Gasteiger partial charge in [0, 0.05) is 18.1 Å². The van der Waals surface area contributed by atoms with Crippen LogP contribution in [-0.4, -0.2) is 46.7 Å². The van der Waals surface area contributed by atoms with E-state index in [0.29, 0.717) is 31.6 Å². The monoisotopic (exact) mass is 346 g/mol. The first-order valence-electron chi connectivity index (χ1n) is 8.03. The van der Waals surface area contributed by atoms with Gasteiger partial charge in [0.25, 0.3) is 11.6 Å². The van der Waals surface area contributed by atoms with E-state index in [0.717, 1.165) is 4.90 Å².